The third kappa shape index (κ3) is 2.34. The maximum absolute atomic E-state index is 11.3. The van der Waals surface area contributed by atoms with Gasteiger partial charge in [-0.15, -0.1) is 6.42 Å². The molecule has 0 spiro atoms. The summed E-state index contributed by atoms with van der Waals surface area (Å²) >= 11 is 11.2. The Morgan fingerprint density at radius 3 is 2.57 bits per heavy atom. The average molecular weight is 231 g/mol. The fourth-order valence-corrected chi connectivity index (χ4v) is 1.16. The van der Waals surface area contributed by atoms with Crippen molar-refractivity contribution in [2.45, 2.75) is 0 Å². The maximum atomic E-state index is 11.3. The van der Waals surface area contributed by atoms with E-state index in [1.54, 1.807) is 0 Å². The van der Waals surface area contributed by atoms with E-state index in [4.69, 9.17) is 29.6 Å². The number of ether oxygens (including phenoxy) is 1. The largest absolute Gasteiger partial charge is 0.449 e. The molecule has 72 valence electrons. The molecule has 0 radical (unpaired) electrons. The van der Waals surface area contributed by atoms with Crippen LogP contribution in [0.15, 0.2) is 6.33 Å². The van der Waals surface area contributed by atoms with Gasteiger partial charge in [-0.3, -0.25) is 0 Å². The summed E-state index contributed by atoms with van der Waals surface area (Å²) in [5.41, 5.74) is -0.0777. The molecule has 0 saturated carbocycles. The van der Waals surface area contributed by atoms with Crippen molar-refractivity contribution >= 4 is 29.2 Å². The minimum absolute atomic E-state index is 0.0629. The third-order valence-corrected chi connectivity index (χ3v) is 1.82. The first kappa shape index (κ1) is 10.8. The molecule has 0 aliphatic rings. The Hall–Kier alpha value is -1.31. The van der Waals surface area contributed by atoms with Gasteiger partial charge in [0.05, 0.1) is 0 Å². The number of terminal acetylenes is 1. The van der Waals surface area contributed by atoms with E-state index in [2.05, 4.69) is 20.6 Å². The SMILES string of the molecule is C#CCOC(=O)c1c(Cl)ncnc1Cl. The van der Waals surface area contributed by atoms with Crippen molar-refractivity contribution in [3.63, 3.8) is 0 Å². The molecule has 0 bridgehead atoms. The molecule has 0 fully saturated rings. The van der Waals surface area contributed by atoms with Crippen LogP contribution < -0.4 is 0 Å². The molecule has 0 aliphatic carbocycles. The van der Waals surface area contributed by atoms with Crippen LogP contribution in [0, 0.1) is 12.3 Å². The van der Waals surface area contributed by atoms with Crippen molar-refractivity contribution in [3.8, 4) is 12.3 Å². The highest BCUT2D eigenvalue weighted by molar-refractivity contribution is 6.37. The van der Waals surface area contributed by atoms with Crippen LogP contribution in [0.4, 0.5) is 0 Å². The van der Waals surface area contributed by atoms with E-state index in [0.29, 0.717) is 0 Å². The summed E-state index contributed by atoms with van der Waals surface area (Å²) in [7, 11) is 0. The number of nitrogens with zero attached hydrogens (tertiary/aromatic N) is 2. The number of rotatable bonds is 2. The zero-order chi connectivity index (χ0) is 10.6. The molecule has 0 N–H and O–H groups in total. The van der Waals surface area contributed by atoms with Gasteiger partial charge in [0, 0.05) is 0 Å². The lowest BCUT2D eigenvalue weighted by Gasteiger charge is -2.03. The molecular weight excluding hydrogens is 227 g/mol. The monoisotopic (exact) mass is 230 g/mol. The van der Waals surface area contributed by atoms with E-state index in [9.17, 15) is 4.79 Å². The molecule has 1 aromatic heterocycles. The average Bonchev–Trinajstić information content (AvgIpc) is 2.14. The summed E-state index contributed by atoms with van der Waals surface area (Å²) in [6, 6.07) is 0. The molecule has 0 aliphatic heterocycles. The van der Waals surface area contributed by atoms with Gasteiger partial charge in [0.2, 0.25) is 0 Å². The maximum Gasteiger partial charge on any atom is 0.345 e. The lowest BCUT2D eigenvalue weighted by Crippen LogP contribution is -2.08. The van der Waals surface area contributed by atoms with Crippen LogP contribution >= 0.6 is 23.2 Å². The quantitative estimate of drug-likeness (QED) is 0.440. The molecule has 0 unspecified atom stereocenters. The molecule has 1 heterocycles. The standard InChI is InChI=1S/C8H4Cl2N2O2/c1-2-3-14-8(13)5-6(9)11-4-12-7(5)10/h1,4H,3H2. The summed E-state index contributed by atoms with van der Waals surface area (Å²) in [6.07, 6.45) is 6.05. The Bertz CT molecular complexity index is 381. The van der Waals surface area contributed by atoms with E-state index >= 15 is 0 Å². The molecule has 1 rings (SSSR count). The summed E-state index contributed by atoms with van der Waals surface area (Å²) in [5.74, 6) is 1.40. The first-order chi connectivity index (χ1) is 6.66. The van der Waals surface area contributed by atoms with Gasteiger partial charge < -0.3 is 4.74 Å². The van der Waals surface area contributed by atoms with Crippen molar-refractivity contribution in [2.75, 3.05) is 6.61 Å². The van der Waals surface area contributed by atoms with Gasteiger partial charge in [-0.05, 0) is 0 Å². The van der Waals surface area contributed by atoms with E-state index in [-0.39, 0.29) is 22.5 Å². The van der Waals surface area contributed by atoms with Gasteiger partial charge in [0.15, 0.2) is 6.61 Å². The van der Waals surface area contributed by atoms with Crippen LogP contribution in [-0.4, -0.2) is 22.5 Å². The molecule has 0 aromatic carbocycles. The van der Waals surface area contributed by atoms with E-state index in [1.165, 1.54) is 0 Å². The van der Waals surface area contributed by atoms with Crippen molar-refractivity contribution < 1.29 is 9.53 Å². The first-order valence-electron chi connectivity index (χ1n) is 3.43. The Morgan fingerprint density at radius 1 is 1.50 bits per heavy atom. The molecule has 14 heavy (non-hydrogen) atoms. The number of carbonyl (C=O) groups excluding carboxylic acids is 1. The van der Waals surface area contributed by atoms with Crippen molar-refractivity contribution in [3.05, 3.63) is 22.2 Å². The fraction of sp³-hybridized carbons (Fsp3) is 0.125. The highest BCUT2D eigenvalue weighted by Gasteiger charge is 2.17. The smallest absolute Gasteiger partial charge is 0.345 e. The predicted molar refractivity (Wildman–Crippen MR) is 51.2 cm³/mol. The Labute approximate surface area is 90.2 Å². The summed E-state index contributed by atoms with van der Waals surface area (Å²) in [5, 5.41) is -0.126. The Balaban J connectivity index is 2.95. The topological polar surface area (TPSA) is 52.1 Å². The minimum atomic E-state index is -0.737. The van der Waals surface area contributed by atoms with Crippen LogP contribution in [0.5, 0.6) is 0 Å². The highest BCUT2D eigenvalue weighted by Crippen LogP contribution is 2.20. The fourth-order valence-electron chi connectivity index (χ4n) is 0.692. The lowest BCUT2D eigenvalue weighted by atomic mass is 10.3. The van der Waals surface area contributed by atoms with Gasteiger partial charge in [-0.2, -0.15) is 0 Å². The summed E-state index contributed by atoms with van der Waals surface area (Å²) < 4.78 is 4.61. The second-order valence-corrected chi connectivity index (χ2v) is 2.83. The number of hydrogen-bond donors (Lipinski definition) is 0. The molecule has 0 saturated heterocycles. The molecule has 6 heteroatoms. The van der Waals surface area contributed by atoms with Gasteiger partial charge in [-0.25, -0.2) is 14.8 Å². The van der Waals surface area contributed by atoms with Crippen LogP contribution in [0.2, 0.25) is 10.3 Å². The summed E-state index contributed by atoms with van der Waals surface area (Å²) in [6.45, 7) is -0.152. The van der Waals surface area contributed by atoms with Gasteiger partial charge in [-0.1, -0.05) is 29.1 Å². The van der Waals surface area contributed by atoms with Gasteiger partial charge >= 0.3 is 5.97 Å². The van der Waals surface area contributed by atoms with Gasteiger partial charge in [0.25, 0.3) is 0 Å². The molecule has 4 nitrogen and oxygen atoms in total. The highest BCUT2D eigenvalue weighted by atomic mass is 35.5. The number of esters is 1. The molecular formula is C8H4Cl2N2O2. The van der Waals surface area contributed by atoms with Crippen LogP contribution in [0.1, 0.15) is 10.4 Å². The normalized spacial score (nSPS) is 9.21. The van der Waals surface area contributed by atoms with Crippen LogP contribution in [0.3, 0.4) is 0 Å². The number of aromatic nitrogens is 2. The Morgan fingerprint density at radius 2 is 2.07 bits per heavy atom. The van der Waals surface area contributed by atoms with Crippen LogP contribution in [-0.2, 0) is 4.74 Å². The van der Waals surface area contributed by atoms with E-state index in [0.717, 1.165) is 6.33 Å². The van der Waals surface area contributed by atoms with E-state index < -0.39 is 5.97 Å². The zero-order valence-corrected chi connectivity index (χ0v) is 8.34. The second-order valence-electron chi connectivity index (χ2n) is 2.11. The lowest BCUT2D eigenvalue weighted by molar-refractivity contribution is 0.0556. The number of carbonyl (C=O) groups is 1. The van der Waals surface area contributed by atoms with Crippen molar-refractivity contribution in [1.29, 1.82) is 0 Å². The van der Waals surface area contributed by atoms with Crippen molar-refractivity contribution in [1.82, 2.24) is 9.97 Å². The number of halogens is 2. The number of hydrogen-bond acceptors (Lipinski definition) is 4. The third-order valence-electron chi connectivity index (χ3n) is 1.25. The van der Waals surface area contributed by atoms with E-state index in [1.807, 2.05) is 0 Å². The van der Waals surface area contributed by atoms with Crippen molar-refractivity contribution in [2.24, 2.45) is 0 Å². The molecule has 1 aromatic rings. The first-order valence-corrected chi connectivity index (χ1v) is 4.19. The van der Waals surface area contributed by atoms with Crippen LogP contribution in [0.25, 0.3) is 0 Å². The molecule has 0 amide bonds. The zero-order valence-electron chi connectivity index (χ0n) is 6.83. The van der Waals surface area contributed by atoms with Gasteiger partial charge in [0.1, 0.15) is 22.2 Å². The molecule has 0 atom stereocenters. The second kappa shape index (κ2) is 4.80. The predicted octanol–water partition coefficient (Wildman–Crippen LogP) is 1.57. The Kier molecular flexibility index (Phi) is 3.69. The summed E-state index contributed by atoms with van der Waals surface area (Å²) in [4.78, 5) is 18.5. The minimum Gasteiger partial charge on any atom is -0.449 e.